The Hall–Kier alpha value is -4.40. The molecule has 0 aliphatic heterocycles. The predicted molar refractivity (Wildman–Crippen MR) is 165 cm³/mol. The molecular weight excluding hydrogens is 581 g/mol. The number of hydrogen-bond acceptors (Lipinski definition) is 4. The van der Waals surface area contributed by atoms with Crippen LogP contribution in [0, 0.1) is 0 Å². The van der Waals surface area contributed by atoms with Crippen LogP contribution in [0.15, 0.2) is 107 Å². The van der Waals surface area contributed by atoms with Crippen LogP contribution in [0.25, 0.3) is 44.6 Å². The van der Waals surface area contributed by atoms with E-state index in [4.69, 9.17) is 23.2 Å². The van der Waals surface area contributed by atoms with Crippen LogP contribution in [0.5, 0.6) is 0 Å². The molecule has 0 fully saturated rings. The van der Waals surface area contributed by atoms with Crippen molar-refractivity contribution in [3.05, 3.63) is 128 Å². The summed E-state index contributed by atoms with van der Waals surface area (Å²) in [6.07, 6.45) is -2.62. The predicted octanol–water partition coefficient (Wildman–Crippen LogP) is 7.72. The van der Waals surface area contributed by atoms with Crippen LogP contribution in [-0.2, 0) is 13.1 Å². The summed E-state index contributed by atoms with van der Waals surface area (Å²) in [7, 11) is 0. The summed E-state index contributed by atoms with van der Waals surface area (Å²) in [4.78, 5) is 33.9. The van der Waals surface area contributed by atoms with Crippen LogP contribution < -0.4 is 11.1 Å². The zero-order valence-corrected chi connectivity index (χ0v) is 23.9. The fraction of sp³-hybridized carbons (Fsp3) is 0.125. The Balaban J connectivity index is 0.000000169. The first-order chi connectivity index (χ1) is 20.3. The van der Waals surface area contributed by atoms with E-state index in [9.17, 15) is 18.4 Å². The molecule has 0 aliphatic carbocycles. The lowest BCUT2D eigenvalue weighted by molar-refractivity contribution is 0.127. The molecule has 6 aromatic rings. The van der Waals surface area contributed by atoms with Crippen LogP contribution in [-0.4, -0.2) is 25.5 Å². The maximum atomic E-state index is 12.8. The van der Waals surface area contributed by atoms with Gasteiger partial charge in [-0.1, -0.05) is 71.7 Å². The largest absolute Gasteiger partial charge is 0.305 e. The minimum atomic E-state index is -2.62. The third-order valence-corrected chi connectivity index (χ3v) is 7.08. The van der Waals surface area contributed by atoms with E-state index in [2.05, 4.69) is 9.97 Å². The Morgan fingerprint density at radius 1 is 0.643 bits per heavy atom. The van der Waals surface area contributed by atoms with Gasteiger partial charge in [0.1, 0.15) is 11.4 Å². The SMILES string of the molecule is CCn1c(=O)c(-c2ccc(Cl)cc2)nc2ccccc21.O=c1c(-c2ccc(Cl)cc2)nc2ccccc2n1CC(F)F. The van der Waals surface area contributed by atoms with Gasteiger partial charge in [0, 0.05) is 27.7 Å². The molecule has 2 aromatic heterocycles. The molecular formula is C32H24Cl2F2N4O2. The van der Waals surface area contributed by atoms with E-state index in [1.165, 1.54) is 0 Å². The number of aromatic nitrogens is 4. The third-order valence-electron chi connectivity index (χ3n) is 6.58. The van der Waals surface area contributed by atoms with E-state index in [1.54, 1.807) is 65.2 Å². The molecule has 4 aromatic carbocycles. The van der Waals surface area contributed by atoms with Gasteiger partial charge in [-0.3, -0.25) is 14.2 Å². The summed E-state index contributed by atoms with van der Waals surface area (Å²) in [5, 5.41) is 1.17. The van der Waals surface area contributed by atoms with Gasteiger partial charge in [-0.05, 0) is 55.5 Å². The Bertz CT molecular complexity index is 1990. The van der Waals surface area contributed by atoms with Crippen molar-refractivity contribution in [1.82, 2.24) is 19.1 Å². The minimum absolute atomic E-state index is 0.0754. The highest BCUT2D eigenvalue weighted by molar-refractivity contribution is 6.30. The summed E-state index contributed by atoms with van der Waals surface area (Å²) in [5.41, 5.74) is 3.87. The average Bonchev–Trinajstić information content (AvgIpc) is 2.99. The smallest absolute Gasteiger partial charge is 0.277 e. The number of benzene rings is 4. The molecule has 0 saturated carbocycles. The fourth-order valence-electron chi connectivity index (χ4n) is 4.61. The molecule has 0 amide bonds. The van der Waals surface area contributed by atoms with Crippen LogP contribution >= 0.6 is 23.2 Å². The Morgan fingerprint density at radius 3 is 1.48 bits per heavy atom. The third kappa shape index (κ3) is 6.10. The van der Waals surface area contributed by atoms with Crippen LogP contribution in [0.3, 0.4) is 0 Å². The molecule has 6 nitrogen and oxygen atoms in total. The Labute approximate surface area is 249 Å². The maximum absolute atomic E-state index is 12.8. The van der Waals surface area contributed by atoms with Crippen molar-refractivity contribution in [3.63, 3.8) is 0 Å². The van der Waals surface area contributed by atoms with Crippen LogP contribution in [0.4, 0.5) is 8.78 Å². The number of para-hydroxylation sites is 4. The first-order valence-corrected chi connectivity index (χ1v) is 13.8. The highest BCUT2D eigenvalue weighted by Gasteiger charge is 2.16. The van der Waals surface area contributed by atoms with Crippen LogP contribution in [0.2, 0.25) is 10.0 Å². The molecule has 10 heteroatoms. The van der Waals surface area contributed by atoms with Crippen molar-refractivity contribution in [2.24, 2.45) is 0 Å². The van der Waals surface area contributed by atoms with Gasteiger partial charge < -0.3 is 4.57 Å². The van der Waals surface area contributed by atoms with Gasteiger partial charge in [0.2, 0.25) is 0 Å². The van der Waals surface area contributed by atoms with Crippen molar-refractivity contribution in [2.45, 2.75) is 26.4 Å². The molecule has 0 atom stereocenters. The van der Waals surface area contributed by atoms with E-state index in [0.717, 1.165) is 21.2 Å². The minimum Gasteiger partial charge on any atom is -0.305 e. The Morgan fingerprint density at radius 2 is 1.05 bits per heavy atom. The molecule has 2 heterocycles. The maximum Gasteiger partial charge on any atom is 0.277 e. The summed E-state index contributed by atoms with van der Waals surface area (Å²) >= 11 is 11.7. The monoisotopic (exact) mass is 604 g/mol. The van der Waals surface area contributed by atoms with E-state index in [1.807, 2.05) is 43.3 Å². The Kier molecular flexibility index (Phi) is 8.75. The molecule has 0 radical (unpaired) electrons. The number of nitrogens with zero attached hydrogens (tertiary/aromatic N) is 4. The van der Waals surface area contributed by atoms with Crippen molar-refractivity contribution in [2.75, 3.05) is 0 Å². The lowest BCUT2D eigenvalue weighted by atomic mass is 10.1. The van der Waals surface area contributed by atoms with E-state index >= 15 is 0 Å². The molecule has 0 aliphatic rings. The molecule has 0 spiro atoms. The number of alkyl halides is 2. The van der Waals surface area contributed by atoms with Crippen molar-refractivity contribution < 1.29 is 8.78 Å². The van der Waals surface area contributed by atoms with E-state index in [-0.39, 0.29) is 11.3 Å². The number of hydrogen-bond donors (Lipinski definition) is 0. The lowest BCUT2D eigenvalue weighted by Crippen LogP contribution is -2.26. The van der Waals surface area contributed by atoms with Gasteiger partial charge >= 0.3 is 0 Å². The highest BCUT2D eigenvalue weighted by Crippen LogP contribution is 2.21. The van der Waals surface area contributed by atoms with Crippen molar-refractivity contribution in [3.8, 4) is 22.5 Å². The van der Waals surface area contributed by atoms with Gasteiger partial charge in [0.15, 0.2) is 0 Å². The van der Waals surface area contributed by atoms with Crippen molar-refractivity contribution in [1.29, 1.82) is 0 Å². The van der Waals surface area contributed by atoms with Gasteiger partial charge in [-0.25, -0.2) is 18.7 Å². The first kappa shape index (κ1) is 29.1. The van der Waals surface area contributed by atoms with Gasteiger partial charge in [0.25, 0.3) is 17.5 Å². The first-order valence-electron chi connectivity index (χ1n) is 13.1. The molecule has 6 rings (SSSR count). The molecule has 0 saturated heterocycles. The number of rotatable bonds is 5. The number of halogens is 4. The van der Waals surface area contributed by atoms with E-state index < -0.39 is 18.5 Å². The number of aryl methyl sites for hydroxylation is 1. The molecule has 42 heavy (non-hydrogen) atoms. The molecule has 212 valence electrons. The van der Waals surface area contributed by atoms with E-state index in [0.29, 0.717) is 38.9 Å². The van der Waals surface area contributed by atoms with Gasteiger partial charge in [0.05, 0.1) is 28.6 Å². The standard InChI is InChI=1S/C16H11ClF2N2O.C16H13ClN2O/c17-11-7-5-10(6-8-11)15-16(22)21(9-14(18)19)13-4-2-1-3-12(13)20-15;1-2-19-14-6-4-3-5-13(14)18-15(16(19)20)11-7-9-12(17)10-8-11/h1-8,14H,9H2;3-10H,2H2,1H3. The van der Waals surface area contributed by atoms with Gasteiger partial charge in [-0.15, -0.1) is 0 Å². The van der Waals surface area contributed by atoms with Gasteiger partial charge in [-0.2, -0.15) is 0 Å². The highest BCUT2D eigenvalue weighted by atomic mass is 35.5. The second-order valence-corrected chi connectivity index (χ2v) is 10.1. The molecule has 0 N–H and O–H groups in total. The average molecular weight is 605 g/mol. The molecule has 0 unspecified atom stereocenters. The lowest BCUT2D eigenvalue weighted by Gasteiger charge is -2.12. The zero-order chi connectivity index (χ0) is 29.8. The summed E-state index contributed by atoms with van der Waals surface area (Å²) in [6, 6.07) is 28.1. The quantitative estimate of drug-likeness (QED) is 0.202. The summed E-state index contributed by atoms with van der Waals surface area (Å²) in [5.74, 6) is 0. The van der Waals surface area contributed by atoms with Crippen LogP contribution in [0.1, 0.15) is 6.92 Å². The topological polar surface area (TPSA) is 69.8 Å². The fourth-order valence-corrected chi connectivity index (χ4v) is 4.86. The second-order valence-electron chi connectivity index (χ2n) is 9.27. The normalized spacial score (nSPS) is 11.1. The molecule has 0 bridgehead atoms. The van der Waals surface area contributed by atoms with Crippen molar-refractivity contribution >= 4 is 45.3 Å². The number of fused-ring (bicyclic) bond motifs is 2. The second kappa shape index (κ2) is 12.6. The summed E-state index contributed by atoms with van der Waals surface area (Å²) in [6.45, 7) is 1.91. The zero-order valence-electron chi connectivity index (χ0n) is 22.3. The summed E-state index contributed by atoms with van der Waals surface area (Å²) < 4.78 is 28.4.